The third-order valence-electron chi connectivity index (χ3n) is 7.74. The van der Waals surface area contributed by atoms with Gasteiger partial charge >= 0.3 is 0 Å². The zero-order chi connectivity index (χ0) is 27.6. The standard InChI is InChI=1S/C32H32N6O2/c1-3-27-29(22-11-15-26(16-12-22)40-25-8-5-4-6-9-25)30-31(33)34-21-35-32(30)38(27)24-17-19-37(20-24)28(39)10-7-18-36(2)23-13-14-23/h1,4-12,15-16,21,23-24H,13-14,17-20H2,2H3,(H2,33,34,35). The SMILES string of the molecule is C#Cc1c(-c2ccc(Oc3ccccc3)cc2)c2c(N)ncnc2n1C1CCN(C(=O)C=CCN(C)C2CC2)C1. The number of para-hydroxylation sites is 1. The number of fused-ring (bicyclic) bond motifs is 1. The maximum atomic E-state index is 13.0. The fourth-order valence-corrected chi connectivity index (χ4v) is 5.49. The van der Waals surface area contributed by atoms with E-state index in [2.05, 4.69) is 32.4 Å². The first-order valence-corrected chi connectivity index (χ1v) is 13.6. The molecule has 1 amide bonds. The van der Waals surface area contributed by atoms with Crippen LogP contribution in [0.5, 0.6) is 11.5 Å². The van der Waals surface area contributed by atoms with Gasteiger partial charge in [0.25, 0.3) is 0 Å². The van der Waals surface area contributed by atoms with E-state index in [1.165, 1.54) is 19.2 Å². The molecule has 1 aliphatic heterocycles. The van der Waals surface area contributed by atoms with Crippen molar-refractivity contribution in [2.75, 3.05) is 32.4 Å². The van der Waals surface area contributed by atoms with Crippen molar-refractivity contribution in [3.05, 3.63) is 78.8 Å². The average molecular weight is 533 g/mol. The van der Waals surface area contributed by atoms with E-state index in [0.29, 0.717) is 42.0 Å². The molecular weight excluding hydrogens is 500 g/mol. The molecule has 1 unspecified atom stereocenters. The molecule has 2 aromatic carbocycles. The quantitative estimate of drug-likeness (QED) is 0.257. The van der Waals surface area contributed by atoms with Crippen LogP contribution in [-0.4, -0.2) is 63.0 Å². The lowest BCUT2D eigenvalue weighted by Crippen LogP contribution is -2.28. The highest BCUT2D eigenvalue weighted by molar-refractivity contribution is 6.03. The molecule has 0 spiro atoms. The number of anilines is 1. The van der Waals surface area contributed by atoms with Crippen molar-refractivity contribution in [2.24, 2.45) is 0 Å². The van der Waals surface area contributed by atoms with E-state index in [4.69, 9.17) is 16.9 Å². The number of amides is 1. The van der Waals surface area contributed by atoms with E-state index in [9.17, 15) is 4.79 Å². The number of hydrogen-bond acceptors (Lipinski definition) is 6. The third-order valence-corrected chi connectivity index (χ3v) is 7.74. The number of likely N-dealkylation sites (N-methyl/N-ethyl adjacent to an activating group) is 1. The number of rotatable bonds is 8. The summed E-state index contributed by atoms with van der Waals surface area (Å²) in [6.45, 7) is 1.98. The number of likely N-dealkylation sites (tertiary alicyclic amines) is 1. The van der Waals surface area contributed by atoms with Crippen molar-refractivity contribution < 1.29 is 9.53 Å². The van der Waals surface area contributed by atoms with Gasteiger partial charge in [-0.15, -0.1) is 6.42 Å². The molecule has 1 saturated carbocycles. The lowest BCUT2D eigenvalue weighted by Gasteiger charge is -2.18. The van der Waals surface area contributed by atoms with Crippen molar-refractivity contribution in [3.63, 3.8) is 0 Å². The van der Waals surface area contributed by atoms with Crippen LogP contribution in [0, 0.1) is 12.3 Å². The molecule has 2 fully saturated rings. The molecule has 1 aliphatic carbocycles. The molecule has 8 nitrogen and oxygen atoms in total. The summed E-state index contributed by atoms with van der Waals surface area (Å²) in [4.78, 5) is 26.0. The Kier molecular flexibility index (Phi) is 6.97. The molecule has 2 N–H and O–H groups in total. The Hall–Kier alpha value is -4.61. The minimum absolute atomic E-state index is 0.0220. The predicted octanol–water partition coefficient (Wildman–Crippen LogP) is 4.88. The van der Waals surface area contributed by atoms with E-state index in [-0.39, 0.29) is 11.9 Å². The summed E-state index contributed by atoms with van der Waals surface area (Å²) in [5.41, 5.74) is 9.48. The van der Waals surface area contributed by atoms with Gasteiger partial charge in [0.05, 0.1) is 11.4 Å². The van der Waals surface area contributed by atoms with Crippen LogP contribution in [0.4, 0.5) is 5.82 Å². The van der Waals surface area contributed by atoms with Crippen LogP contribution in [0.25, 0.3) is 22.2 Å². The lowest BCUT2D eigenvalue weighted by atomic mass is 10.0. The second-order valence-corrected chi connectivity index (χ2v) is 10.4. The molecule has 0 radical (unpaired) electrons. The van der Waals surface area contributed by atoms with Gasteiger partial charge < -0.3 is 19.9 Å². The Balaban J connectivity index is 1.28. The van der Waals surface area contributed by atoms with Gasteiger partial charge in [-0.25, -0.2) is 9.97 Å². The second-order valence-electron chi connectivity index (χ2n) is 10.4. The Morgan fingerprint density at radius 1 is 1.12 bits per heavy atom. The van der Waals surface area contributed by atoms with E-state index in [1.54, 1.807) is 6.08 Å². The lowest BCUT2D eigenvalue weighted by molar-refractivity contribution is -0.125. The smallest absolute Gasteiger partial charge is 0.246 e. The number of carbonyl (C=O) groups excluding carboxylic acids is 1. The Labute approximate surface area is 234 Å². The third kappa shape index (κ3) is 5.04. The van der Waals surface area contributed by atoms with Crippen molar-refractivity contribution in [1.82, 2.24) is 24.3 Å². The van der Waals surface area contributed by atoms with Crippen molar-refractivity contribution in [2.45, 2.75) is 31.3 Å². The normalized spacial score (nSPS) is 17.1. The minimum atomic E-state index is -0.0243. The summed E-state index contributed by atoms with van der Waals surface area (Å²) in [7, 11) is 2.10. The molecule has 4 aromatic rings. The molecular formula is C32H32N6O2. The fourth-order valence-electron chi connectivity index (χ4n) is 5.49. The summed E-state index contributed by atoms with van der Waals surface area (Å²) in [5.74, 6) is 4.77. The number of hydrogen-bond donors (Lipinski definition) is 1. The van der Waals surface area contributed by atoms with Gasteiger partial charge in [0, 0.05) is 37.3 Å². The largest absolute Gasteiger partial charge is 0.457 e. The molecule has 2 aliphatic rings. The van der Waals surface area contributed by atoms with Crippen molar-refractivity contribution >= 4 is 22.8 Å². The average Bonchev–Trinajstić information content (AvgIpc) is 3.61. The number of nitrogens with zero attached hydrogens (tertiary/aromatic N) is 5. The molecule has 3 heterocycles. The van der Waals surface area contributed by atoms with Gasteiger partial charge in [-0.3, -0.25) is 9.69 Å². The summed E-state index contributed by atoms with van der Waals surface area (Å²) in [6, 6.07) is 18.0. The molecule has 1 saturated heterocycles. The van der Waals surface area contributed by atoms with E-state index in [1.807, 2.05) is 65.6 Å². The van der Waals surface area contributed by atoms with E-state index >= 15 is 0 Å². The highest BCUT2D eigenvalue weighted by atomic mass is 16.5. The van der Waals surface area contributed by atoms with Crippen LogP contribution in [0.1, 0.15) is 31.0 Å². The van der Waals surface area contributed by atoms with Crippen LogP contribution in [0.15, 0.2) is 73.1 Å². The fraction of sp³-hybridized carbons (Fsp3) is 0.281. The second kappa shape index (κ2) is 10.9. The van der Waals surface area contributed by atoms with Gasteiger partial charge in [0.1, 0.15) is 35.0 Å². The Morgan fingerprint density at radius 2 is 1.88 bits per heavy atom. The van der Waals surface area contributed by atoms with Crippen LogP contribution < -0.4 is 10.5 Å². The molecule has 202 valence electrons. The Bertz CT molecular complexity index is 1600. The topological polar surface area (TPSA) is 89.5 Å². The molecule has 1 atom stereocenters. The van der Waals surface area contributed by atoms with Gasteiger partial charge in [0.2, 0.25) is 5.91 Å². The zero-order valence-corrected chi connectivity index (χ0v) is 22.5. The number of nitrogen functional groups attached to an aromatic ring is 1. The van der Waals surface area contributed by atoms with Crippen LogP contribution in [0.2, 0.25) is 0 Å². The van der Waals surface area contributed by atoms with Crippen molar-refractivity contribution in [1.29, 1.82) is 0 Å². The highest BCUT2D eigenvalue weighted by Crippen LogP contribution is 2.40. The first-order valence-electron chi connectivity index (χ1n) is 13.6. The summed E-state index contributed by atoms with van der Waals surface area (Å²) in [6.07, 6.45) is 14.5. The molecule has 8 heteroatoms. The summed E-state index contributed by atoms with van der Waals surface area (Å²) < 4.78 is 8.04. The number of aromatic nitrogens is 3. The number of nitrogens with two attached hydrogens (primary N) is 1. The predicted molar refractivity (Wildman–Crippen MR) is 157 cm³/mol. The number of terminal acetylenes is 1. The van der Waals surface area contributed by atoms with Crippen molar-refractivity contribution in [3.8, 4) is 35.0 Å². The first-order chi connectivity index (χ1) is 19.5. The monoisotopic (exact) mass is 532 g/mol. The maximum absolute atomic E-state index is 13.0. The molecule has 0 bridgehead atoms. The van der Waals surface area contributed by atoms with E-state index < -0.39 is 0 Å². The van der Waals surface area contributed by atoms with Gasteiger partial charge in [-0.1, -0.05) is 42.3 Å². The number of carbonyl (C=O) groups is 1. The van der Waals surface area contributed by atoms with Crippen LogP contribution in [-0.2, 0) is 4.79 Å². The highest BCUT2D eigenvalue weighted by Gasteiger charge is 2.32. The summed E-state index contributed by atoms with van der Waals surface area (Å²) in [5, 5.41) is 0.722. The Morgan fingerprint density at radius 3 is 2.60 bits per heavy atom. The first kappa shape index (κ1) is 25.7. The van der Waals surface area contributed by atoms with E-state index in [0.717, 1.165) is 35.2 Å². The molecule has 6 rings (SSSR count). The number of ether oxygens (including phenoxy) is 1. The van der Waals surface area contributed by atoms with Crippen LogP contribution >= 0.6 is 0 Å². The number of benzene rings is 2. The molecule has 2 aromatic heterocycles. The van der Waals surface area contributed by atoms with Crippen LogP contribution in [0.3, 0.4) is 0 Å². The van der Waals surface area contributed by atoms with Gasteiger partial charge in [0.15, 0.2) is 0 Å². The maximum Gasteiger partial charge on any atom is 0.246 e. The van der Waals surface area contributed by atoms with Gasteiger partial charge in [-0.05, 0) is 56.1 Å². The molecule has 40 heavy (non-hydrogen) atoms. The van der Waals surface area contributed by atoms with Gasteiger partial charge in [-0.2, -0.15) is 0 Å². The zero-order valence-electron chi connectivity index (χ0n) is 22.5. The minimum Gasteiger partial charge on any atom is -0.457 e. The summed E-state index contributed by atoms with van der Waals surface area (Å²) >= 11 is 0.